The molecule has 118 valence electrons. The van der Waals surface area contributed by atoms with E-state index in [0.717, 1.165) is 0 Å². The molecule has 0 unspecified atom stereocenters. The van der Waals surface area contributed by atoms with Crippen molar-refractivity contribution in [2.45, 2.75) is 6.42 Å². The maximum atomic E-state index is 12.5. The van der Waals surface area contributed by atoms with Crippen molar-refractivity contribution in [3.8, 4) is 5.75 Å². The molecule has 0 saturated heterocycles. The summed E-state index contributed by atoms with van der Waals surface area (Å²) < 4.78 is 11.1. The van der Waals surface area contributed by atoms with Crippen LogP contribution in [0, 0.1) is 0 Å². The maximum absolute atomic E-state index is 12.5. The van der Waals surface area contributed by atoms with Gasteiger partial charge in [-0.2, -0.15) is 0 Å². The summed E-state index contributed by atoms with van der Waals surface area (Å²) >= 11 is 0. The minimum Gasteiger partial charge on any atom is -0.493 e. The largest absolute Gasteiger partial charge is 0.493 e. The summed E-state index contributed by atoms with van der Waals surface area (Å²) in [4.78, 5) is 23.6. The second kappa shape index (κ2) is 6.10. The van der Waals surface area contributed by atoms with Crippen molar-refractivity contribution in [3.05, 3.63) is 52.2 Å². The van der Waals surface area contributed by atoms with Crippen LogP contribution in [0.15, 0.2) is 45.6 Å². The average molecular weight is 314 g/mol. The first-order valence-corrected chi connectivity index (χ1v) is 7.08. The third-order valence-electron chi connectivity index (χ3n) is 3.46. The Hall–Kier alpha value is -2.86. The number of carboxylic acid groups (broad SMARTS) is 1. The molecular formula is C17H14O6. The molecule has 2 aromatic carbocycles. The molecule has 0 amide bonds. The number of hydrogen-bond donors (Lipinski definition) is 2. The van der Waals surface area contributed by atoms with Crippen molar-refractivity contribution < 1.29 is 24.2 Å². The summed E-state index contributed by atoms with van der Waals surface area (Å²) in [6.45, 7) is 0.384. The van der Waals surface area contributed by atoms with Gasteiger partial charge < -0.3 is 19.4 Å². The van der Waals surface area contributed by atoms with Gasteiger partial charge in [0.05, 0.1) is 22.9 Å². The molecule has 2 N–H and O–H groups in total. The van der Waals surface area contributed by atoms with Gasteiger partial charge in [0.2, 0.25) is 5.43 Å². The lowest BCUT2D eigenvalue weighted by Gasteiger charge is -2.07. The smallest absolute Gasteiger partial charge is 0.335 e. The van der Waals surface area contributed by atoms with Gasteiger partial charge in [0.1, 0.15) is 16.9 Å². The lowest BCUT2D eigenvalue weighted by atomic mass is 10.1. The normalized spacial score (nSPS) is 11.0. The number of aliphatic hydroxyl groups is 1. The van der Waals surface area contributed by atoms with Crippen LogP contribution in [0.3, 0.4) is 0 Å². The van der Waals surface area contributed by atoms with Crippen LogP contribution >= 0.6 is 0 Å². The fraction of sp³-hybridized carbons (Fsp3) is 0.176. The van der Waals surface area contributed by atoms with E-state index in [4.69, 9.17) is 19.4 Å². The lowest BCUT2D eigenvalue weighted by Crippen LogP contribution is -2.05. The Kier molecular flexibility index (Phi) is 3.99. The molecule has 23 heavy (non-hydrogen) atoms. The molecule has 3 aromatic rings. The number of rotatable bonds is 5. The van der Waals surface area contributed by atoms with Crippen molar-refractivity contribution in [1.82, 2.24) is 0 Å². The SMILES string of the molecule is O=C(O)c1ccc2c(=O)c3cc(OCCCO)ccc3oc2c1. The van der Waals surface area contributed by atoms with Crippen LogP contribution in [0.25, 0.3) is 21.9 Å². The van der Waals surface area contributed by atoms with Gasteiger partial charge in [0, 0.05) is 13.0 Å². The van der Waals surface area contributed by atoms with E-state index < -0.39 is 5.97 Å². The van der Waals surface area contributed by atoms with Gasteiger partial charge in [-0.1, -0.05) is 0 Å². The summed E-state index contributed by atoms with van der Waals surface area (Å²) in [6, 6.07) is 9.01. The Balaban J connectivity index is 2.12. The number of hydrogen-bond acceptors (Lipinski definition) is 5. The number of carboxylic acids is 1. The van der Waals surface area contributed by atoms with Crippen LogP contribution in [0.5, 0.6) is 5.75 Å². The zero-order valence-electron chi connectivity index (χ0n) is 12.1. The van der Waals surface area contributed by atoms with Crippen molar-refractivity contribution in [2.75, 3.05) is 13.2 Å². The quantitative estimate of drug-likeness (QED) is 0.554. The number of aliphatic hydroxyl groups excluding tert-OH is 1. The summed E-state index contributed by atoms with van der Waals surface area (Å²) in [7, 11) is 0. The lowest BCUT2D eigenvalue weighted by molar-refractivity contribution is 0.0697. The number of fused-ring (bicyclic) bond motifs is 2. The number of ether oxygens (including phenoxy) is 1. The van der Waals surface area contributed by atoms with Crippen molar-refractivity contribution in [3.63, 3.8) is 0 Å². The molecule has 0 aliphatic rings. The topological polar surface area (TPSA) is 97.0 Å². The van der Waals surface area contributed by atoms with Crippen molar-refractivity contribution in [1.29, 1.82) is 0 Å². The van der Waals surface area contributed by atoms with E-state index in [1.807, 2.05) is 0 Å². The van der Waals surface area contributed by atoms with Crippen LogP contribution in [0.1, 0.15) is 16.8 Å². The first-order chi connectivity index (χ1) is 11.1. The van der Waals surface area contributed by atoms with Crippen molar-refractivity contribution >= 4 is 27.9 Å². The van der Waals surface area contributed by atoms with Gasteiger partial charge in [0.15, 0.2) is 0 Å². The van der Waals surface area contributed by atoms with Gasteiger partial charge in [-0.05, 0) is 36.4 Å². The molecule has 0 bridgehead atoms. The van der Waals surface area contributed by atoms with E-state index in [9.17, 15) is 9.59 Å². The second-order valence-corrected chi connectivity index (χ2v) is 5.03. The molecule has 1 heterocycles. The maximum Gasteiger partial charge on any atom is 0.335 e. The van der Waals surface area contributed by atoms with E-state index in [-0.39, 0.29) is 23.2 Å². The van der Waals surface area contributed by atoms with Crippen LogP contribution in [0.4, 0.5) is 0 Å². The fourth-order valence-corrected chi connectivity index (χ4v) is 2.31. The molecule has 3 rings (SSSR count). The Morgan fingerprint density at radius 2 is 1.91 bits per heavy atom. The van der Waals surface area contributed by atoms with E-state index in [1.54, 1.807) is 18.2 Å². The molecule has 6 heteroatoms. The minimum atomic E-state index is -1.08. The predicted octanol–water partition coefficient (Wildman–Crippen LogP) is 2.41. The molecule has 1 aromatic heterocycles. The van der Waals surface area contributed by atoms with Gasteiger partial charge in [-0.15, -0.1) is 0 Å². The van der Waals surface area contributed by atoms with Gasteiger partial charge >= 0.3 is 5.97 Å². The Morgan fingerprint density at radius 3 is 2.65 bits per heavy atom. The van der Waals surface area contributed by atoms with Gasteiger partial charge in [0.25, 0.3) is 0 Å². The second-order valence-electron chi connectivity index (χ2n) is 5.03. The van der Waals surface area contributed by atoms with Crippen LogP contribution in [-0.4, -0.2) is 29.4 Å². The molecule has 0 fully saturated rings. The van der Waals surface area contributed by atoms with Crippen LogP contribution in [-0.2, 0) is 0 Å². The fourth-order valence-electron chi connectivity index (χ4n) is 2.31. The zero-order valence-corrected chi connectivity index (χ0v) is 12.1. The van der Waals surface area contributed by atoms with Crippen molar-refractivity contribution in [2.24, 2.45) is 0 Å². The minimum absolute atomic E-state index is 0.0340. The summed E-state index contributed by atoms with van der Waals surface area (Å²) in [5, 5.41) is 18.4. The standard InChI is InChI=1S/C17H14O6/c18-6-1-7-22-11-3-5-14-13(9-11)16(19)12-4-2-10(17(20)21)8-15(12)23-14/h2-5,8-9,18H,1,6-7H2,(H,20,21). The Labute approximate surface area is 130 Å². The highest BCUT2D eigenvalue weighted by Crippen LogP contribution is 2.23. The van der Waals surface area contributed by atoms with E-state index in [1.165, 1.54) is 18.2 Å². The molecule has 0 saturated carbocycles. The summed E-state index contributed by atoms with van der Waals surface area (Å²) in [5.41, 5.74) is 0.408. The van der Waals surface area contributed by atoms with Crippen LogP contribution < -0.4 is 10.2 Å². The van der Waals surface area contributed by atoms with E-state index >= 15 is 0 Å². The number of carbonyl (C=O) groups is 1. The third-order valence-corrected chi connectivity index (χ3v) is 3.46. The Bertz CT molecular complexity index is 941. The first-order valence-electron chi connectivity index (χ1n) is 7.08. The average Bonchev–Trinajstić information content (AvgIpc) is 2.55. The summed E-state index contributed by atoms with van der Waals surface area (Å²) in [5.74, 6) is -0.568. The predicted molar refractivity (Wildman–Crippen MR) is 84.1 cm³/mol. The highest BCUT2D eigenvalue weighted by Gasteiger charge is 2.11. The zero-order chi connectivity index (χ0) is 16.4. The number of benzene rings is 2. The monoisotopic (exact) mass is 314 g/mol. The highest BCUT2D eigenvalue weighted by atomic mass is 16.5. The molecular weight excluding hydrogens is 300 g/mol. The Morgan fingerprint density at radius 1 is 1.09 bits per heavy atom. The molecule has 0 radical (unpaired) electrons. The summed E-state index contributed by atoms with van der Waals surface area (Å²) in [6.07, 6.45) is 0.502. The van der Waals surface area contributed by atoms with Gasteiger partial charge in [-0.3, -0.25) is 4.79 Å². The molecule has 0 spiro atoms. The van der Waals surface area contributed by atoms with E-state index in [0.29, 0.717) is 35.1 Å². The highest BCUT2D eigenvalue weighted by molar-refractivity contribution is 5.95. The van der Waals surface area contributed by atoms with Crippen LogP contribution in [0.2, 0.25) is 0 Å². The third kappa shape index (κ3) is 2.89. The molecule has 0 atom stereocenters. The first kappa shape index (κ1) is 15.1. The van der Waals surface area contributed by atoms with Gasteiger partial charge in [-0.25, -0.2) is 4.79 Å². The molecule has 0 aliphatic carbocycles. The molecule has 0 aliphatic heterocycles. The molecule has 6 nitrogen and oxygen atoms in total. The number of aromatic carboxylic acids is 1. The van der Waals surface area contributed by atoms with E-state index in [2.05, 4.69) is 0 Å².